The summed E-state index contributed by atoms with van der Waals surface area (Å²) in [4.78, 5) is 10.5. The average molecular weight is 183 g/mol. The van der Waals surface area contributed by atoms with Crippen LogP contribution in [0, 0.1) is 6.42 Å². The Morgan fingerprint density at radius 2 is 2.62 bits per heavy atom. The predicted octanol–water partition coefficient (Wildman–Crippen LogP) is -1.04. The van der Waals surface area contributed by atoms with Crippen molar-refractivity contribution in [3.63, 3.8) is 0 Å². The first-order valence-corrected chi connectivity index (χ1v) is 3.75. The first kappa shape index (κ1) is 9.66. The Labute approximate surface area is 75.7 Å². The summed E-state index contributed by atoms with van der Waals surface area (Å²) in [6, 6.07) is 0. The molecule has 0 saturated heterocycles. The van der Waals surface area contributed by atoms with Crippen molar-refractivity contribution >= 4 is 5.91 Å². The van der Waals surface area contributed by atoms with Crippen LogP contribution in [-0.4, -0.2) is 34.4 Å². The van der Waals surface area contributed by atoms with E-state index in [1.807, 2.05) is 0 Å². The summed E-state index contributed by atoms with van der Waals surface area (Å²) in [6.45, 7) is 1.14. The summed E-state index contributed by atoms with van der Waals surface area (Å²) in [5.41, 5.74) is 4.97. The lowest BCUT2D eigenvalue weighted by Crippen LogP contribution is -2.16. The highest BCUT2D eigenvalue weighted by Gasteiger charge is 2.07. The molecular weight excluding hydrogens is 172 g/mol. The highest BCUT2D eigenvalue weighted by molar-refractivity contribution is 5.85. The molecule has 6 heteroatoms. The van der Waals surface area contributed by atoms with Gasteiger partial charge >= 0.3 is 0 Å². The van der Waals surface area contributed by atoms with Crippen molar-refractivity contribution in [1.29, 1.82) is 0 Å². The van der Waals surface area contributed by atoms with E-state index in [4.69, 9.17) is 10.5 Å². The maximum Gasteiger partial charge on any atom is 0.229 e. The van der Waals surface area contributed by atoms with E-state index in [0.29, 0.717) is 19.0 Å². The maximum absolute atomic E-state index is 10.5. The molecule has 2 N–H and O–H groups in total. The quantitative estimate of drug-likeness (QED) is 0.632. The molecule has 1 amide bonds. The van der Waals surface area contributed by atoms with Gasteiger partial charge in [0.1, 0.15) is 18.6 Å². The molecule has 0 aliphatic carbocycles. The van der Waals surface area contributed by atoms with E-state index in [0.717, 1.165) is 0 Å². The van der Waals surface area contributed by atoms with Gasteiger partial charge in [-0.15, -0.1) is 10.2 Å². The number of hydrogen-bond donors (Lipinski definition) is 1. The van der Waals surface area contributed by atoms with Gasteiger partial charge < -0.3 is 15.0 Å². The number of methoxy groups -OCH3 is 1. The largest absolute Gasteiger partial charge is 0.383 e. The smallest absolute Gasteiger partial charge is 0.229 e. The molecule has 0 unspecified atom stereocenters. The molecule has 6 nitrogen and oxygen atoms in total. The van der Waals surface area contributed by atoms with Crippen LogP contribution in [0.1, 0.15) is 5.82 Å². The summed E-state index contributed by atoms with van der Waals surface area (Å²) in [6.07, 6.45) is 2.75. The van der Waals surface area contributed by atoms with Crippen LogP contribution in [0.3, 0.4) is 0 Å². The van der Waals surface area contributed by atoms with Crippen LogP contribution in [0.4, 0.5) is 0 Å². The van der Waals surface area contributed by atoms with Gasteiger partial charge in [0.2, 0.25) is 5.91 Å². The Kier molecular flexibility index (Phi) is 3.39. The topological polar surface area (TPSA) is 83.0 Å². The lowest BCUT2D eigenvalue weighted by Gasteiger charge is -2.02. The molecule has 0 spiro atoms. The molecule has 1 aromatic heterocycles. The van der Waals surface area contributed by atoms with Crippen molar-refractivity contribution in [2.45, 2.75) is 6.54 Å². The Morgan fingerprint density at radius 3 is 3.23 bits per heavy atom. The molecule has 0 aliphatic rings. The zero-order valence-corrected chi connectivity index (χ0v) is 7.30. The van der Waals surface area contributed by atoms with Crippen LogP contribution in [0.5, 0.6) is 0 Å². The van der Waals surface area contributed by atoms with E-state index >= 15 is 0 Å². The third-order valence-corrected chi connectivity index (χ3v) is 1.45. The monoisotopic (exact) mass is 183 g/mol. The molecule has 0 aliphatic heterocycles. The number of rotatable bonds is 5. The standard InChI is InChI=1S/C7H11N4O2/c1-13-3-2-11-5-9-10-7(11)4-6(8)12/h4-5H,2-3H2,1H3,(H2,8,12). The van der Waals surface area contributed by atoms with Gasteiger partial charge in [-0.3, -0.25) is 4.79 Å². The SMILES string of the molecule is COCCn1cnnc1[CH]C(N)=O. The Hall–Kier alpha value is -1.43. The second-order valence-corrected chi connectivity index (χ2v) is 2.42. The van der Waals surface area contributed by atoms with Crippen LogP contribution in [0.15, 0.2) is 6.33 Å². The number of nitrogens with zero attached hydrogens (tertiary/aromatic N) is 3. The van der Waals surface area contributed by atoms with Gasteiger partial charge in [-0.25, -0.2) is 0 Å². The highest BCUT2D eigenvalue weighted by Crippen LogP contribution is 1.97. The van der Waals surface area contributed by atoms with Crippen molar-refractivity contribution in [2.24, 2.45) is 5.73 Å². The van der Waals surface area contributed by atoms with Crippen LogP contribution in [0.25, 0.3) is 0 Å². The number of carbonyl (C=O) groups excluding carboxylic acids is 1. The minimum Gasteiger partial charge on any atom is -0.383 e. The zero-order chi connectivity index (χ0) is 9.68. The summed E-state index contributed by atoms with van der Waals surface area (Å²) in [7, 11) is 1.60. The summed E-state index contributed by atoms with van der Waals surface area (Å²) in [5.74, 6) is -0.0868. The Morgan fingerprint density at radius 1 is 1.85 bits per heavy atom. The van der Waals surface area contributed by atoms with E-state index in [9.17, 15) is 4.79 Å². The Bertz CT molecular complexity index is 284. The van der Waals surface area contributed by atoms with Gasteiger partial charge in [0.15, 0.2) is 0 Å². The van der Waals surface area contributed by atoms with Gasteiger partial charge in [0.25, 0.3) is 0 Å². The number of hydrogen-bond acceptors (Lipinski definition) is 4. The molecule has 1 radical (unpaired) electrons. The fourth-order valence-corrected chi connectivity index (χ4v) is 0.865. The molecule has 0 fully saturated rings. The maximum atomic E-state index is 10.5. The number of aromatic nitrogens is 3. The molecule has 0 aromatic carbocycles. The van der Waals surface area contributed by atoms with Crippen molar-refractivity contribution in [3.05, 3.63) is 18.6 Å². The number of carbonyl (C=O) groups is 1. The lowest BCUT2D eigenvalue weighted by molar-refractivity contribution is -0.114. The number of amides is 1. The zero-order valence-electron chi connectivity index (χ0n) is 7.30. The van der Waals surface area contributed by atoms with Crippen LogP contribution < -0.4 is 5.73 Å². The van der Waals surface area contributed by atoms with E-state index in [-0.39, 0.29) is 0 Å². The second kappa shape index (κ2) is 4.56. The highest BCUT2D eigenvalue weighted by atomic mass is 16.5. The van der Waals surface area contributed by atoms with Gasteiger partial charge in [-0.05, 0) is 0 Å². The van der Waals surface area contributed by atoms with Crippen molar-refractivity contribution in [3.8, 4) is 0 Å². The lowest BCUT2D eigenvalue weighted by atomic mass is 10.4. The fraction of sp³-hybridized carbons (Fsp3) is 0.429. The third kappa shape index (κ3) is 2.83. The Balaban J connectivity index is 2.60. The van der Waals surface area contributed by atoms with Gasteiger partial charge in [0, 0.05) is 13.7 Å². The normalized spacial score (nSPS) is 10.2. The van der Waals surface area contributed by atoms with Crippen molar-refractivity contribution < 1.29 is 9.53 Å². The molecule has 71 valence electrons. The summed E-state index contributed by atoms with van der Waals surface area (Å²) >= 11 is 0. The van der Waals surface area contributed by atoms with Crippen LogP contribution >= 0.6 is 0 Å². The molecule has 1 aromatic rings. The number of ether oxygens (including phenoxy) is 1. The predicted molar refractivity (Wildman–Crippen MR) is 44.5 cm³/mol. The van der Waals surface area contributed by atoms with Crippen molar-refractivity contribution in [2.75, 3.05) is 13.7 Å². The molecule has 13 heavy (non-hydrogen) atoms. The fourth-order valence-electron chi connectivity index (χ4n) is 0.865. The molecule has 0 saturated carbocycles. The minimum atomic E-state index is -0.535. The van der Waals surface area contributed by atoms with Crippen LogP contribution in [-0.2, 0) is 16.1 Å². The summed E-state index contributed by atoms with van der Waals surface area (Å²) in [5, 5.41) is 7.36. The van der Waals surface area contributed by atoms with Crippen molar-refractivity contribution in [1.82, 2.24) is 14.8 Å². The average Bonchev–Trinajstić information content (AvgIpc) is 2.48. The van der Waals surface area contributed by atoms with E-state index < -0.39 is 5.91 Å². The third-order valence-electron chi connectivity index (χ3n) is 1.45. The number of primary amides is 1. The minimum absolute atomic E-state index is 0.449. The molecule has 1 rings (SSSR count). The first-order chi connectivity index (χ1) is 6.24. The van der Waals surface area contributed by atoms with Gasteiger partial charge in [0.05, 0.1) is 6.61 Å². The molecule has 0 atom stereocenters. The molecule has 1 heterocycles. The van der Waals surface area contributed by atoms with Crippen LogP contribution in [0.2, 0.25) is 0 Å². The van der Waals surface area contributed by atoms with Gasteiger partial charge in [-0.1, -0.05) is 0 Å². The van der Waals surface area contributed by atoms with E-state index in [1.165, 1.54) is 12.7 Å². The van der Waals surface area contributed by atoms with Gasteiger partial charge in [-0.2, -0.15) is 0 Å². The summed E-state index contributed by atoms with van der Waals surface area (Å²) < 4.78 is 6.56. The molecule has 0 bridgehead atoms. The van der Waals surface area contributed by atoms with E-state index in [1.54, 1.807) is 11.7 Å². The first-order valence-electron chi connectivity index (χ1n) is 3.75. The second-order valence-electron chi connectivity index (χ2n) is 2.42. The number of nitrogens with two attached hydrogens (primary N) is 1. The molecular formula is C7H11N4O2. The van der Waals surface area contributed by atoms with E-state index in [2.05, 4.69) is 10.2 Å².